The largest absolute Gasteiger partial charge is 0.328 e. The minimum atomic E-state index is -0.288. The summed E-state index contributed by atoms with van der Waals surface area (Å²) in [4.78, 5) is 25.9. The van der Waals surface area contributed by atoms with E-state index in [1.54, 1.807) is 10.8 Å². The Morgan fingerprint density at radius 2 is 2.05 bits per heavy atom. The summed E-state index contributed by atoms with van der Waals surface area (Å²) in [6, 6.07) is 0.612. The first kappa shape index (κ1) is 15.0. The molecule has 5 nitrogen and oxygen atoms in total. The van der Waals surface area contributed by atoms with Crippen molar-refractivity contribution >= 4 is 0 Å². The van der Waals surface area contributed by atoms with E-state index in [0.29, 0.717) is 18.2 Å². The van der Waals surface area contributed by atoms with Crippen molar-refractivity contribution in [2.24, 2.45) is 5.41 Å². The average Bonchev–Trinajstić information content (AvgIpc) is 3.09. The normalized spacial score (nSPS) is 17.2. The third-order valence-electron chi connectivity index (χ3n) is 3.54. The lowest BCUT2D eigenvalue weighted by molar-refractivity contribution is 0.318. The van der Waals surface area contributed by atoms with Crippen LogP contribution < -0.4 is 16.6 Å². The molecule has 1 saturated carbocycles. The molecule has 1 heterocycles. The number of hydrogen-bond acceptors (Lipinski definition) is 3. The molecule has 1 aliphatic carbocycles. The summed E-state index contributed by atoms with van der Waals surface area (Å²) in [6.07, 6.45) is 4.81. The van der Waals surface area contributed by atoms with Crippen LogP contribution in [0.4, 0.5) is 0 Å². The number of aromatic nitrogens is 2. The zero-order valence-corrected chi connectivity index (χ0v) is 12.8. The van der Waals surface area contributed by atoms with Gasteiger partial charge in [-0.05, 0) is 31.6 Å². The van der Waals surface area contributed by atoms with E-state index in [0.717, 1.165) is 19.3 Å². The lowest BCUT2D eigenvalue weighted by atomic mass is 9.89. The van der Waals surface area contributed by atoms with Gasteiger partial charge in [0.05, 0.1) is 0 Å². The highest BCUT2D eigenvalue weighted by Crippen LogP contribution is 2.33. The summed E-state index contributed by atoms with van der Waals surface area (Å²) in [6.45, 7) is 9.22. The van der Waals surface area contributed by atoms with Crippen molar-refractivity contribution in [2.45, 2.75) is 65.6 Å². The Bertz CT molecular complexity index is 576. The summed E-state index contributed by atoms with van der Waals surface area (Å²) in [5.41, 5.74) is 0.328. The SMILES string of the molecule is CC(CC(C)(C)C)NCc1cn(C2CC2)c(=O)[nH]c1=O. The highest BCUT2D eigenvalue weighted by Gasteiger charge is 2.25. The van der Waals surface area contributed by atoms with Gasteiger partial charge in [0.2, 0.25) is 0 Å². The van der Waals surface area contributed by atoms with Crippen molar-refractivity contribution in [1.82, 2.24) is 14.9 Å². The highest BCUT2D eigenvalue weighted by molar-refractivity contribution is 5.06. The minimum absolute atomic E-state index is 0.256. The summed E-state index contributed by atoms with van der Waals surface area (Å²) in [7, 11) is 0. The van der Waals surface area contributed by atoms with Gasteiger partial charge in [0.15, 0.2) is 0 Å². The Kier molecular flexibility index (Phi) is 4.18. The Morgan fingerprint density at radius 1 is 1.40 bits per heavy atom. The van der Waals surface area contributed by atoms with Crippen LogP contribution in [0.1, 0.15) is 58.6 Å². The molecule has 1 aromatic rings. The van der Waals surface area contributed by atoms with Gasteiger partial charge in [0, 0.05) is 30.4 Å². The van der Waals surface area contributed by atoms with Gasteiger partial charge in [-0.15, -0.1) is 0 Å². The average molecular weight is 279 g/mol. The molecular formula is C15H25N3O2. The predicted molar refractivity (Wildman–Crippen MR) is 80.0 cm³/mol. The molecule has 1 aliphatic rings. The highest BCUT2D eigenvalue weighted by atomic mass is 16.2. The number of hydrogen-bond donors (Lipinski definition) is 2. The van der Waals surface area contributed by atoms with E-state index in [2.05, 4.69) is 38.0 Å². The molecule has 1 unspecified atom stereocenters. The molecule has 1 atom stereocenters. The monoisotopic (exact) mass is 279 g/mol. The van der Waals surface area contributed by atoms with Crippen molar-refractivity contribution in [3.63, 3.8) is 0 Å². The van der Waals surface area contributed by atoms with Crippen LogP contribution in [0.3, 0.4) is 0 Å². The molecule has 0 bridgehead atoms. The molecular weight excluding hydrogens is 254 g/mol. The molecule has 1 fully saturated rings. The van der Waals surface area contributed by atoms with Gasteiger partial charge in [0.1, 0.15) is 0 Å². The van der Waals surface area contributed by atoms with Gasteiger partial charge in [-0.1, -0.05) is 20.8 Å². The Labute approximate surface area is 119 Å². The van der Waals surface area contributed by atoms with E-state index < -0.39 is 0 Å². The van der Waals surface area contributed by atoms with Crippen molar-refractivity contribution in [2.75, 3.05) is 0 Å². The van der Waals surface area contributed by atoms with E-state index >= 15 is 0 Å². The van der Waals surface area contributed by atoms with E-state index in [9.17, 15) is 9.59 Å². The summed E-state index contributed by atoms with van der Waals surface area (Å²) < 4.78 is 1.66. The molecule has 112 valence electrons. The maximum atomic E-state index is 11.8. The predicted octanol–water partition coefficient (Wildman–Crippen LogP) is 1.79. The summed E-state index contributed by atoms with van der Waals surface area (Å²) in [5.74, 6) is 0. The maximum Gasteiger partial charge on any atom is 0.328 e. The van der Waals surface area contributed by atoms with Crippen molar-refractivity contribution < 1.29 is 0 Å². The van der Waals surface area contributed by atoms with Crippen LogP contribution >= 0.6 is 0 Å². The van der Waals surface area contributed by atoms with Gasteiger partial charge in [-0.25, -0.2) is 4.79 Å². The van der Waals surface area contributed by atoms with Crippen LogP contribution in [0, 0.1) is 5.41 Å². The van der Waals surface area contributed by atoms with E-state index in [1.165, 1.54) is 0 Å². The molecule has 0 spiro atoms. The fourth-order valence-corrected chi connectivity index (χ4v) is 2.55. The van der Waals surface area contributed by atoms with Crippen LogP contribution in [-0.4, -0.2) is 15.6 Å². The lowest BCUT2D eigenvalue weighted by Crippen LogP contribution is -2.36. The van der Waals surface area contributed by atoms with Gasteiger partial charge >= 0.3 is 5.69 Å². The third kappa shape index (κ3) is 4.07. The van der Waals surface area contributed by atoms with Crippen LogP contribution in [0.5, 0.6) is 0 Å². The second-order valence-corrected chi connectivity index (χ2v) is 7.10. The number of H-pyrrole nitrogens is 1. The van der Waals surface area contributed by atoms with Gasteiger partial charge in [-0.2, -0.15) is 0 Å². The molecule has 1 aromatic heterocycles. The van der Waals surface area contributed by atoms with Gasteiger partial charge in [0.25, 0.3) is 5.56 Å². The first-order chi connectivity index (χ1) is 9.26. The number of nitrogens with one attached hydrogen (secondary N) is 2. The smallest absolute Gasteiger partial charge is 0.310 e. The second kappa shape index (κ2) is 5.56. The quantitative estimate of drug-likeness (QED) is 0.863. The summed E-state index contributed by atoms with van der Waals surface area (Å²) in [5, 5.41) is 3.37. The molecule has 0 aromatic carbocycles. The molecule has 0 saturated heterocycles. The van der Waals surface area contributed by atoms with Crippen LogP contribution in [0.15, 0.2) is 15.8 Å². The molecule has 0 aliphatic heterocycles. The van der Waals surface area contributed by atoms with Crippen molar-refractivity contribution in [3.8, 4) is 0 Å². The standard InChI is InChI=1S/C15H25N3O2/c1-10(7-15(2,3)4)16-8-11-9-18(12-5-6-12)14(20)17-13(11)19/h9-10,12,16H,5-8H2,1-4H3,(H,17,19,20). The Morgan fingerprint density at radius 3 is 2.60 bits per heavy atom. The fraction of sp³-hybridized carbons (Fsp3) is 0.733. The number of nitrogens with zero attached hydrogens (tertiary/aromatic N) is 1. The van der Waals surface area contributed by atoms with Crippen molar-refractivity contribution in [1.29, 1.82) is 0 Å². The Hall–Kier alpha value is -1.36. The van der Waals surface area contributed by atoms with Crippen molar-refractivity contribution in [3.05, 3.63) is 32.6 Å². The number of aromatic amines is 1. The molecule has 5 heteroatoms. The van der Waals surface area contributed by atoms with Gasteiger partial charge < -0.3 is 5.32 Å². The first-order valence-corrected chi connectivity index (χ1v) is 7.34. The van der Waals surface area contributed by atoms with Crippen LogP contribution in [-0.2, 0) is 6.54 Å². The zero-order chi connectivity index (χ0) is 14.9. The maximum absolute atomic E-state index is 11.8. The van der Waals surface area contributed by atoms with Gasteiger partial charge in [-0.3, -0.25) is 14.3 Å². The zero-order valence-electron chi connectivity index (χ0n) is 12.8. The van der Waals surface area contributed by atoms with Crippen LogP contribution in [0.2, 0.25) is 0 Å². The lowest BCUT2D eigenvalue weighted by Gasteiger charge is -2.24. The van der Waals surface area contributed by atoms with E-state index in [-0.39, 0.29) is 22.7 Å². The van der Waals surface area contributed by atoms with Crippen LogP contribution in [0.25, 0.3) is 0 Å². The molecule has 20 heavy (non-hydrogen) atoms. The summed E-state index contributed by atoms with van der Waals surface area (Å²) >= 11 is 0. The third-order valence-corrected chi connectivity index (χ3v) is 3.54. The number of rotatable bonds is 5. The Balaban J connectivity index is 2.04. The van der Waals surface area contributed by atoms with E-state index in [1.807, 2.05) is 0 Å². The fourth-order valence-electron chi connectivity index (χ4n) is 2.55. The minimum Gasteiger partial charge on any atom is -0.310 e. The second-order valence-electron chi connectivity index (χ2n) is 7.10. The molecule has 0 radical (unpaired) electrons. The molecule has 2 rings (SSSR count). The first-order valence-electron chi connectivity index (χ1n) is 7.34. The molecule has 2 N–H and O–H groups in total. The topological polar surface area (TPSA) is 66.9 Å². The molecule has 0 amide bonds. The van der Waals surface area contributed by atoms with E-state index in [4.69, 9.17) is 0 Å².